The van der Waals surface area contributed by atoms with Crippen LogP contribution in [0.4, 0.5) is 0 Å². The molecule has 0 saturated heterocycles. The molecule has 5 unspecified atom stereocenters. The van der Waals surface area contributed by atoms with E-state index in [4.69, 9.17) is 14.6 Å². The summed E-state index contributed by atoms with van der Waals surface area (Å²) in [6.07, 6.45) is 8.22. The van der Waals surface area contributed by atoms with E-state index < -0.39 is 0 Å². The van der Waals surface area contributed by atoms with Gasteiger partial charge in [-0.15, -0.1) is 0 Å². The number of esters is 1. The van der Waals surface area contributed by atoms with Crippen molar-refractivity contribution in [2.45, 2.75) is 85.2 Å². The maximum Gasteiger partial charge on any atom is 0.343 e. The Morgan fingerprint density at radius 1 is 1.19 bits per heavy atom. The lowest BCUT2D eigenvalue weighted by Gasteiger charge is -2.50. The number of hydrogen-bond donors (Lipinski definition) is 1. The zero-order chi connectivity index (χ0) is 22.4. The average molecular weight is 449 g/mol. The summed E-state index contributed by atoms with van der Waals surface area (Å²) in [4.78, 5) is 11.3. The van der Waals surface area contributed by atoms with Crippen LogP contribution >= 0.6 is 0 Å². The van der Waals surface area contributed by atoms with Crippen molar-refractivity contribution in [3.05, 3.63) is 29.3 Å². The molecule has 0 spiro atoms. The van der Waals surface area contributed by atoms with Gasteiger partial charge in [0.1, 0.15) is 5.75 Å². The van der Waals surface area contributed by atoms with E-state index in [0.29, 0.717) is 18.6 Å². The van der Waals surface area contributed by atoms with E-state index in [1.165, 1.54) is 43.9 Å². The summed E-state index contributed by atoms with van der Waals surface area (Å²) in [5.41, 5.74) is 3.14. The molecule has 2 fully saturated rings. The summed E-state index contributed by atoms with van der Waals surface area (Å²) in [5, 5.41) is 9.07. The monoisotopic (exact) mass is 448 g/mol. The molecule has 0 bridgehead atoms. The molecule has 3 aliphatic carbocycles. The van der Waals surface area contributed by atoms with Gasteiger partial charge in [0, 0.05) is 13.2 Å². The summed E-state index contributed by atoms with van der Waals surface area (Å²) in [5.74, 6) is 2.48. The van der Waals surface area contributed by atoms with Gasteiger partial charge < -0.3 is 19.3 Å². The minimum atomic E-state index is -0.355. The van der Waals surface area contributed by atoms with E-state index >= 15 is 0 Å². The molecule has 3 aliphatic rings. The van der Waals surface area contributed by atoms with Crippen molar-refractivity contribution in [3.8, 4) is 5.75 Å². The lowest BCUT2D eigenvalue weighted by Crippen LogP contribution is -2.44. The second-order valence-electron chi connectivity index (χ2n) is 9.20. The summed E-state index contributed by atoms with van der Waals surface area (Å²) >= 11 is 0. The number of carbonyl (C=O) groups is 1. The standard InChI is InChI=1S/C24H34O5.C2H6.CH4/c1-24-11-10-19-18-7-5-17(29-15-23(26)27-2)14-16(18)4-6-20(19)21(24)8-9-22(24)28-13-3-12-25;1-2;/h5,7,14,19-22,25H,3-4,6,8-13,15H2,1-2H3;1-2H3;1H4. The van der Waals surface area contributed by atoms with Crippen molar-refractivity contribution < 1.29 is 24.1 Å². The first-order chi connectivity index (χ1) is 15.1. The van der Waals surface area contributed by atoms with Crippen LogP contribution in [0.5, 0.6) is 5.75 Å². The zero-order valence-corrected chi connectivity index (χ0v) is 19.7. The van der Waals surface area contributed by atoms with Crippen LogP contribution in [0.25, 0.3) is 0 Å². The molecule has 5 heteroatoms. The third-order valence-electron chi connectivity index (χ3n) is 7.82. The largest absolute Gasteiger partial charge is 0.482 e. The van der Waals surface area contributed by atoms with Crippen molar-refractivity contribution in [2.24, 2.45) is 17.3 Å². The van der Waals surface area contributed by atoms with Crippen molar-refractivity contribution in [1.82, 2.24) is 0 Å². The van der Waals surface area contributed by atoms with Crippen LogP contribution in [0, 0.1) is 17.3 Å². The third kappa shape index (κ3) is 5.31. The van der Waals surface area contributed by atoms with Gasteiger partial charge in [-0.1, -0.05) is 34.3 Å². The molecule has 32 heavy (non-hydrogen) atoms. The first-order valence-electron chi connectivity index (χ1n) is 12.1. The Balaban J connectivity index is 0.00000118. The maximum atomic E-state index is 11.3. The number of aliphatic hydroxyl groups excluding tert-OH is 1. The van der Waals surface area contributed by atoms with Crippen LogP contribution in [-0.2, 0) is 20.7 Å². The summed E-state index contributed by atoms with van der Waals surface area (Å²) < 4.78 is 16.5. The van der Waals surface area contributed by atoms with Gasteiger partial charge in [-0.2, -0.15) is 0 Å². The number of carbonyl (C=O) groups excluding carboxylic acids is 1. The van der Waals surface area contributed by atoms with Crippen molar-refractivity contribution in [3.63, 3.8) is 0 Å². The van der Waals surface area contributed by atoms with Crippen LogP contribution < -0.4 is 4.74 Å². The van der Waals surface area contributed by atoms with E-state index in [9.17, 15) is 4.79 Å². The van der Waals surface area contributed by atoms with E-state index in [1.807, 2.05) is 19.9 Å². The normalized spacial score (nSPS) is 29.9. The Kier molecular flexibility index (Phi) is 10.0. The van der Waals surface area contributed by atoms with Gasteiger partial charge >= 0.3 is 5.97 Å². The molecule has 1 aromatic rings. The SMILES string of the molecule is C.CC.COC(=O)COc1ccc2c(c1)CCC1C2CCC2(C)C(OCCCO)CCC12. The minimum Gasteiger partial charge on any atom is -0.482 e. The van der Waals surface area contributed by atoms with Crippen LogP contribution in [0.2, 0.25) is 0 Å². The van der Waals surface area contributed by atoms with Crippen LogP contribution in [-0.4, -0.2) is 44.1 Å². The Labute approximate surface area is 194 Å². The number of aliphatic hydroxyl groups is 1. The topological polar surface area (TPSA) is 65.0 Å². The molecule has 0 aliphatic heterocycles. The molecule has 0 amide bonds. The first-order valence-corrected chi connectivity index (χ1v) is 12.1. The molecule has 1 N–H and O–H groups in total. The molecule has 2 saturated carbocycles. The van der Waals surface area contributed by atoms with Crippen molar-refractivity contribution >= 4 is 5.97 Å². The number of ether oxygens (including phenoxy) is 3. The van der Waals surface area contributed by atoms with Gasteiger partial charge in [-0.05, 0) is 91.4 Å². The molecule has 5 nitrogen and oxygen atoms in total. The lowest BCUT2D eigenvalue weighted by molar-refractivity contribution is -0.142. The van der Waals surface area contributed by atoms with Gasteiger partial charge in [0.25, 0.3) is 0 Å². The Bertz CT molecular complexity index is 733. The second kappa shape index (κ2) is 12.0. The first kappa shape index (κ1) is 26.7. The molecular weight excluding hydrogens is 404 g/mol. The molecular formula is C27H44O5. The Hall–Kier alpha value is -1.59. The molecule has 0 heterocycles. The number of rotatable bonds is 7. The number of hydrogen-bond acceptors (Lipinski definition) is 5. The highest BCUT2D eigenvalue weighted by molar-refractivity contribution is 5.70. The van der Waals surface area contributed by atoms with E-state index in [0.717, 1.165) is 36.8 Å². The number of aryl methyl sites for hydroxylation is 1. The molecule has 1 aromatic carbocycles. The summed E-state index contributed by atoms with van der Waals surface area (Å²) in [6, 6.07) is 6.36. The van der Waals surface area contributed by atoms with Gasteiger partial charge in [0.2, 0.25) is 0 Å². The highest BCUT2D eigenvalue weighted by Gasteiger charge is 2.55. The fourth-order valence-corrected chi connectivity index (χ4v) is 6.37. The molecule has 5 atom stereocenters. The lowest BCUT2D eigenvalue weighted by atomic mass is 9.55. The number of benzene rings is 1. The molecule has 0 radical (unpaired) electrons. The second-order valence-corrected chi connectivity index (χ2v) is 9.20. The summed E-state index contributed by atoms with van der Waals surface area (Å²) in [7, 11) is 1.38. The average Bonchev–Trinajstić information content (AvgIpc) is 3.15. The Morgan fingerprint density at radius 3 is 2.69 bits per heavy atom. The highest BCUT2D eigenvalue weighted by Crippen LogP contribution is 2.61. The van der Waals surface area contributed by atoms with Crippen molar-refractivity contribution in [2.75, 3.05) is 26.9 Å². The molecule has 182 valence electrons. The fourth-order valence-electron chi connectivity index (χ4n) is 6.37. The predicted octanol–water partition coefficient (Wildman–Crippen LogP) is 5.52. The molecule has 0 aromatic heterocycles. The molecule has 4 rings (SSSR count). The predicted molar refractivity (Wildman–Crippen MR) is 128 cm³/mol. The van der Waals surface area contributed by atoms with Crippen LogP contribution in [0.1, 0.15) is 83.8 Å². The Morgan fingerprint density at radius 2 is 1.97 bits per heavy atom. The maximum absolute atomic E-state index is 11.3. The highest BCUT2D eigenvalue weighted by atomic mass is 16.6. The van der Waals surface area contributed by atoms with Gasteiger partial charge in [0.05, 0.1) is 13.2 Å². The van der Waals surface area contributed by atoms with Gasteiger partial charge in [0.15, 0.2) is 6.61 Å². The van der Waals surface area contributed by atoms with Crippen molar-refractivity contribution in [1.29, 1.82) is 0 Å². The quantitative estimate of drug-likeness (QED) is 0.439. The van der Waals surface area contributed by atoms with Gasteiger partial charge in [-0.25, -0.2) is 4.79 Å². The van der Waals surface area contributed by atoms with E-state index in [1.54, 1.807) is 0 Å². The fraction of sp³-hybridized carbons (Fsp3) is 0.741. The van der Waals surface area contributed by atoms with Crippen LogP contribution in [0.15, 0.2) is 18.2 Å². The minimum absolute atomic E-state index is 0. The van der Waals surface area contributed by atoms with E-state index in [2.05, 4.69) is 23.8 Å². The summed E-state index contributed by atoms with van der Waals surface area (Å²) in [6.45, 7) is 7.29. The number of fused-ring (bicyclic) bond motifs is 5. The zero-order valence-electron chi connectivity index (χ0n) is 19.7. The smallest absolute Gasteiger partial charge is 0.343 e. The third-order valence-corrected chi connectivity index (χ3v) is 7.82. The van der Waals surface area contributed by atoms with Gasteiger partial charge in [-0.3, -0.25) is 0 Å². The van der Waals surface area contributed by atoms with E-state index in [-0.39, 0.29) is 32.0 Å². The van der Waals surface area contributed by atoms with Crippen LogP contribution in [0.3, 0.4) is 0 Å². The number of methoxy groups -OCH3 is 1.